The van der Waals surface area contributed by atoms with Gasteiger partial charge in [0.15, 0.2) is 5.79 Å². The van der Waals surface area contributed by atoms with Gasteiger partial charge in [-0.1, -0.05) is 30.0 Å². The van der Waals surface area contributed by atoms with Crippen LogP contribution in [0.3, 0.4) is 0 Å². The van der Waals surface area contributed by atoms with Crippen molar-refractivity contribution in [3.8, 4) is 0 Å². The lowest BCUT2D eigenvalue weighted by atomic mass is 9.96. The first-order valence-corrected chi connectivity index (χ1v) is 8.11. The third-order valence-electron chi connectivity index (χ3n) is 3.81. The lowest BCUT2D eigenvalue weighted by molar-refractivity contribution is -0.253. The van der Waals surface area contributed by atoms with Crippen molar-refractivity contribution in [1.82, 2.24) is 5.32 Å². The fourth-order valence-corrected chi connectivity index (χ4v) is 3.51. The molecule has 0 aromatic heterocycles. The number of thioether (sulfide) groups is 1. The monoisotopic (exact) mass is 323 g/mol. The molecule has 3 atom stereocenters. The van der Waals surface area contributed by atoms with Crippen LogP contribution < -0.4 is 5.32 Å². The molecule has 2 aliphatic heterocycles. The predicted molar refractivity (Wildman–Crippen MR) is 80.6 cm³/mol. The van der Waals surface area contributed by atoms with E-state index < -0.39 is 23.9 Å². The maximum absolute atomic E-state index is 12.1. The minimum Gasteiger partial charge on any atom is -0.458 e. The van der Waals surface area contributed by atoms with Gasteiger partial charge in [0.25, 0.3) is 5.24 Å². The standard InChI is InChI=1S/C15H17NO5S/c17-13(10-4-2-1-3-5-10)21-11-6-7-20-15(19,8-11)12-9-22-14(18)16-12/h1-5,11-12,19H,6-9H2,(H,16,18). The Bertz CT molecular complexity index is 566. The Labute approximate surface area is 132 Å². The van der Waals surface area contributed by atoms with Crippen LogP contribution in [0.1, 0.15) is 23.2 Å². The Morgan fingerprint density at radius 1 is 1.41 bits per heavy atom. The highest BCUT2D eigenvalue weighted by Gasteiger charge is 2.47. The van der Waals surface area contributed by atoms with Crippen molar-refractivity contribution < 1.29 is 24.2 Å². The Morgan fingerprint density at radius 2 is 2.18 bits per heavy atom. The fraction of sp³-hybridized carbons (Fsp3) is 0.467. The Balaban J connectivity index is 1.63. The second kappa shape index (κ2) is 6.28. The topological polar surface area (TPSA) is 84.9 Å². The van der Waals surface area contributed by atoms with Crippen molar-refractivity contribution in [2.24, 2.45) is 0 Å². The third-order valence-corrected chi connectivity index (χ3v) is 4.69. The molecule has 3 rings (SSSR count). The molecular weight excluding hydrogens is 306 g/mol. The lowest BCUT2D eigenvalue weighted by Gasteiger charge is -2.39. The smallest absolute Gasteiger partial charge is 0.338 e. The summed E-state index contributed by atoms with van der Waals surface area (Å²) in [6.45, 7) is 0.278. The minimum absolute atomic E-state index is 0.150. The summed E-state index contributed by atoms with van der Waals surface area (Å²) in [6, 6.07) is 8.24. The molecule has 2 saturated heterocycles. The largest absolute Gasteiger partial charge is 0.458 e. The molecule has 0 aliphatic carbocycles. The molecular formula is C15H17NO5S. The number of benzene rings is 1. The van der Waals surface area contributed by atoms with Gasteiger partial charge in [0.05, 0.1) is 18.2 Å². The number of carbonyl (C=O) groups excluding carboxylic acids is 2. The molecule has 6 nitrogen and oxygen atoms in total. The van der Waals surface area contributed by atoms with Gasteiger partial charge in [-0.3, -0.25) is 4.79 Å². The molecule has 7 heteroatoms. The zero-order chi connectivity index (χ0) is 15.6. The van der Waals surface area contributed by atoms with Crippen molar-refractivity contribution in [2.45, 2.75) is 30.8 Å². The number of rotatable bonds is 3. The van der Waals surface area contributed by atoms with Crippen LogP contribution in [0, 0.1) is 0 Å². The Kier molecular flexibility index (Phi) is 4.37. The summed E-state index contributed by atoms with van der Waals surface area (Å²) in [7, 11) is 0. The van der Waals surface area contributed by atoms with E-state index in [9.17, 15) is 14.7 Å². The van der Waals surface area contributed by atoms with E-state index in [4.69, 9.17) is 9.47 Å². The van der Waals surface area contributed by atoms with E-state index in [-0.39, 0.29) is 18.3 Å². The summed E-state index contributed by atoms with van der Waals surface area (Å²) in [5, 5.41) is 13.1. The average Bonchev–Trinajstić information content (AvgIpc) is 2.96. The van der Waals surface area contributed by atoms with Gasteiger partial charge < -0.3 is 19.9 Å². The van der Waals surface area contributed by atoms with Crippen molar-refractivity contribution >= 4 is 23.0 Å². The number of hydrogen-bond acceptors (Lipinski definition) is 6. The van der Waals surface area contributed by atoms with E-state index in [0.717, 1.165) is 11.8 Å². The van der Waals surface area contributed by atoms with Crippen LogP contribution in [0.4, 0.5) is 4.79 Å². The first kappa shape index (κ1) is 15.3. The van der Waals surface area contributed by atoms with Crippen LogP contribution in [0.5, 0.6) is 0 Å². The first-order chi connectivity index (χ1) is 10.6. The molecule has 2 aliphatic rings. The van der Waals surface area contributed by atoms with Crippen LogP contribution in [-0.2, 0) is 9.47 Å². The van der Waals surface area contributed by atoms with Gasteiger partial charge in [-0.05, 0) is 12.1 Å². The number of hydrogen-bond donors (Lipinski definition) is 2. The van der Waals surface area contributed by atoms with Crippen LogP contribution in [0.2, 0.25) is 0 Å². The van der Waals surface area contributed by atoms with Gasteiger partial charge in [-0.15, -0.1) is 0 Å². The SMILES string of the molecule is O=C1NC(C2(O)CC(OC(=O)c3ccccc3)CCO2)CS1. The van der Waals surface area contributed by atoms with Gasteiger partial charge in [0, 0.05) is 18.6 Å². The maximum Gasteiger partial charge on any atom is 0.338 e. The predicted octanol–water partition coefficient (Wildman–Crippen LogP) is 1.54. The first-order valence-electron chi connectivity index (χ1n) is 7.12. The van der Waals surface area contributed by atoms with Crippen LogP contribution in [0.15, 0.2) is 30.3 Å². The molecule has 0 saturated carbocycles. The van der Waals surface area contributed by atoms with Crippen LogP contribution in [0.25, 0.3) is 0 Å². The van der Waals surface area contributed by atoms with E-state index in [1.54, 1.807) is 24.3 Å². The van der Waals surface area contributed by atoms with Gasteiger partial charge in [-0.25, -0.2) is 4.79 Å². The number of nitrogens with one attached hydrogen (secondary N) is 1. The molecule has 1 aromatic rings. The van der Waals surface area contributed by atoms with Crippen molar-refractivity contribution in [3.63, 3.8) is 0 Å². The fourth-order valence-electron chi connectivity index (χ4n) is 2.62. The second-order valence-electron chi connectivity index (χ2n) is 5.37. The van der Waals surface area contributed by atoms with Crippen LogP contribution in [-0.4, -0.2) is 46.6 Å². The number of esters is 1. The zero-order valence-electron chi connectivity index (χ0n) is 11.9. The quantitative estimate of drug-likeness (QED) is 0.821. The molecule has 1 aromatic carbocycles. The maximum atomic E-state index is 12.1. The molecule has 2 fully saturated rings. The minimum atomic E-state index is -1.49. The summed E-state index contributed by atoms with van der Waals surface area (Å²) in [4.78, 5) is 23.4. The Hall–Kier alpha value is -1.57. The number of ether oxygens (including phenoxy) is 2. The molecule has 3 unspecified atom stereocenters. The Morgan fingerprint density at radius 3 is 2.86 bits per heavy atom. The highest BCUT2D eigenvalue weighted by Crippen LogP contribution is 2.32. The summed E-state index contributed by atoms with van der Waals surface area (Å²) in [5.41, 5.74) is 0.474. The zero-order valence-corrected chi connectivity index (χ0v) is 12.7. The number of amides is 1. The van der Waals surface area contributed by atoms with Gasteiger partial charge in [0.2, 0.25) is 0 Å². The molecule has 0 bridgehead atoms. The molecule has 22 heavy (non-hydrogen) atoms. The van der Waals surface area contributed by atoms with Gasteiger partial charge in [0.1, 0.15) is 6.10 Å². The normalized spacial score (nSPS) is 31.6. The lowest BCUT2D eigenvalue weighted by Crippen LogP contribution is -2.56. The van der Waals surface area contributed by atoms with Crippen molar-refractivity contribution in [3.05, 3.63) is 35.9 Å². The van der Waals surface area contributed by atoms with Gasteiger partial charge in [-0.2, -0.15) is 0 Å². The molecule has 1 amide bonds. The molecule has 0 radical (unpaired) electrons. The van der Waals surface area contributed by atoms with E-state index in [2.05, 4.69) is 5.32 Å². The highest BCUT2D eigenvalue weighted by atomic mass is 32.2. The molecule has 2 N–H and O–H groups in total. The number of carbonyl (C=O) groups is 2. The summed E-state index contributed by atoms with van der Waals surface area (Å²) >= 11 is 1.11. The van der Waals surface area contributed by atoms with E-state index >= 15 is 0 Å². The van der Waals surface area contributed by atoms with E-state index in [1.807, 2.05) is 6.07 Å². The summed E-state index contributed by atoms with van der Waals surface area (Å²) < 4.78 is 10.9. The summed E-state index contributed by atoms with van der Waals surface area (Å²) in [5.74, 6) is -1.46. The third kappa shape index (κ3) is 3.26. The molecule has 118 valence electrons. The van der Waals surface area contributed by atoms with E-state index in [0.29, 0.717) is 17.7 Å². The van der Waals surface area contributed by atoms with E-state index in [1.165, 1.54) is 0 Å². The second-order valence-corrected chi connectivity index (χ2v) is 6.37. The van der Waals surface area contributed by atoms with Gasteiger partial charge >= 0.3 is 5.97 Å². The molecule has 0 spiro atoms. The van der Waals surface area contributed by atoms with Crippen molar-refractivity contribution in [1.29, 1.82) is 0 Å². The molecule has 2 heterocycles. The summed E-state index contributed by atoms with van der Waals surface area (Å²) in [6.07, 6.45) is 0.236. The highest BCUT2D eigenvalue weighted by molar-refractivity contribution is 8.14. The van der Waals surface area contributed by atoms with Crippen LogP contribution >= 0.6 is 11.8 Å². The average molecular weight is 323 g/mol. The number of aliphatic hydroxyl groups is 1. The van der Waals surface area contributed by atoms with Crippen molar-refractivity contribution in [2.75, 3.05) is 12.4 Å².